The molecule has 2 N–H and O–H groups in total. The molecule has 5 heteroatoms. The second kappa shape index (κ2) is 6.37. The summed E-state index contributed by atoms with van der Waals surface area (Å²) < 4.78 is 0. The van der Waals surface area contributed by atoms with Crippen molar-refractivity contribution in [3.8, 4) is 5.69 Å². The number of para-hydroxylation sites is 1. The third kappa shape index (κ3) is 3.31. The van der Waals surface area contributed by atoms with Crippen molar-refractivity contribution in [3.63, 3.8) is 0 Å². The van der Waals surface area contributed by atoms with Gasteiger partial charge in [0.15, 0.2) is 0 Å². The standard InChI is InChI=1S/C16H23N5/c1-13-7-8-14(9-17)11-20(13)12-15-10-18-21(19-15)16-5-3-2-4-6-16/h2-6,10,13-14H,7-9,11-12,17H2,1H3. The molecule has 3 rings (SSSR count). The zero-order valence-corrected chi connectivity index (χ0v) is 12.5. The van der Waals surface area contributed by atoms with Crippen molar-refractivity contribution >= 4 is 0 Å². The average Bonchev–Trinajstić information content (AvgIpc) is 2.99. The number of rotatable bonds is 4. The van der Waals surface area contributed by atoms with Gasteiger partial charge in [-0.05, 0) is 44.4 Å². The van der Waals surface area contributed by atoms with Crippen LogP contribution in [0.3, 0.4) is 0 Å². The molecule has 1 saturated heterocycles. The molecule has 0 saturated carbocycles. The lowest BCUT2D eigenvalue weighted by atomic mass is 9.93. The van der Waals surface area contributed by atoms with Crippen molar-refractivity contribution in [3.05, 3.63) is 42.2 Å². The van der Waals surface area contributed by atoms with Gasteiger partial charge in [0.05, 0.1) is 17.6 Å². The van der Waals surface area contributed by atoms with Crippen molar-refractivity contribution in [2.45, 2.75) is 32.4 Å². The Morgan fingerprint density at radius 2 is 2.05 bits per heavy atom. The molecule has 21 heavy (non-hydrogen) atoms. The van der Waals surface area contributed by atoms with Crippen molar-refractivity contribution in [1.82, 2.24) is 19.9 Å². The molecule has 0 amide bonds. The molecule has 2 unspecified atom stereocenters. The lowest BCUT2D eigenvalue weighted by Crippen LogP contribution is -2.43. The Morgan fingerprint density at radius 1 is 1.24 bits per heavy atom. The highest BCUT2D eigenvalue weighted by atomic mass is 15.5. The maximum absolute atomic E-state index is 5.83. The third-order valence-corrected chi connectivity index (χ3v) is 4.33. The van der Waals surface area contributed by atoms with Crippen molar-refractivity contribution < 1.29 is 0 Å². The van der Waals surface area contributed by atoms with Crippen LogP contribution in [0.1, 0.15) is 25.5 Å². The molecule has 2 aromatic rings. The molecule has 2 atom stereocenters. The summed E-state index contributed by atoms with van der Waals surface area (Å²) >= 11 is 0. The van der Waals surface area contributed by atoms with E-state index in [2.05, 4.69) is 22.0 Å². The van der Waals surface area contributed by atoms with Gasteiger partial charge in [0.1, 0.15) is 0 Å². The minimum absolute atomic E-state index is 0.592. The van der Waals surface area contributed by atoms with Crippen LogP contribution in [-0.2, 0) is 6.54 Å². The van der Waals surface area contributed by atoms with Crippen LogP contribution in [0, 0.1) is 5.92 Å². The van der Waals surface area contributed by atoms with E-state index >= 15 is 0 Å². The first-order valence-electron chi connectivity index (χ1n) is 7.67. The molecule has 112 valence electrons. The minimum atomic E-state index is 0.592. The smallest absolute Gasteiger partial charge is 0.0971 e. The van der Waals surface area contributed by atoms with E-state index in [-0.39, 0.29) is 0 Å². The van der Waals surface area contributed by atoms with E-state index in [4.69, 9.17) is 5.73 Å². The number of likely N-dealkylation sites (tertiary alicyclic amines) is 1. The van der Waals surface area contributed by atoms with Crippen molar-refractivity contribution in [2.24, 2.45) is 11.7 Å². The maximum Gasteiger partial charge on any atom is 0.0971 e. The van der Waals surface area contributed by atoms with E-state index < -0.39 is 0 Å². The summed E-state index contributed by atoms with van der Waals surface area (Å²) in [7, 11) is 0. The normalized spacial score (nSPS) is 23.3. The Bertz CT molecular complexity index is 565. The van der Waals surface area contributed by atoms with E-state index in [1.807, 2.05) is 36.5 Å². The van der Waals surface area contributed by atoms with Gasteiger partial charge in [-0.3, -0.25) is 4.90 Å². The molecule has 1 aromatic carbocycles. The number of nitrogens with two attached hydrogens (primary N) is 1. The lowest BCUT2D eigenvalue weighted by Gasteiger charge is -2.37. The minimum Gasteiger partial charge on any atom is -0.330 e. The average molecular weight is 285 g/mol. The Hall–Kier alpha value is -1.72. The predicted octanol–water partition coefficient (Wildman–Crippen LogP) is 1.83. The number of hydrogen-bond donors (Lipinski definition) is 1. The lowest BCUT2D eigenvalue weighted by molar-refractivity contribution is 0.112. The molecule has 2 heterocycles. The zero-order valence-electron chi connectivity index (χ0n) is 12.5. The molecule has 1 fully saturated rings. The van der Waals surface area contributed by atoms with Crippen LogP contribution in [-0.4, -0.2) is 39.0 Å². The number of piperidine rings is 1. The summed E-state index contributed by atoms with van der Waals surface area (Å²) in [4.78, 5) is 4.17. The Morgan fingerprint density at radius 3 is 2.81 bits per heavy atom. The van der Waals surface area contributed by atoms with Crippen LogP contribution >= 0.6 is 0 Å². The Balaban J connectivity index is 1.69. The van der Waals surface area contributed by atoms with Crippen LogP contribution in [0.5, 0.6) is 0 Å². The second-order valence-electron chi connectivity index (χ2n) is 5.92. The first kappa shape index (κ1) is 14.2. The summed E-state index contributed by atoms with van der Waals surface area (Å²) in [5, 5.41) is 8.96. The van der Waals surface area contributed by atoms with E-state index in [0.717, 1.165) is 31.0 Å². The van der Waals surface area contributed by atoms with Gasteiger partial charge < -0.3 is 5.73 Å². The second-order valence-corrected chi connectivity index (χ2v) is 5.92. The molecule has 0 bridgehead atoms. The summed E-state index contributed by atoms with van der Waals surface area (Å²) in [6.45, 7) is 4.98. The maximum atomic E-state index is 5.83. The number of hydrogen-bond acceptors (Lipinski definition) is 4. The highest BCUT2D eigenvalue weighted by Crippen LogP contribution is 2.22. The number of nitrogens with zero attached hydrogens (tertiary/aromatic N) is 4. The van der Waals surface area contributed by atoms with Gasteiger partial charge in [-0.25, -0.2) is 0 Å². The predicted molar refractivity (Wildman–Crippen MR) is 83.0 cm³/mol. The highest BCUT2D eigenvalue weighted by Gasteiger charge is 2.25. The topological polar surface area (TPSA) is 60.0 Å². The molecule has 0 aliphatic carbocycles. The van der Waals surface area contributed by atoms with Gasteiger partial charge in [0.2, 0.25) is 0 Å². The fourth-order valence-electron chi connectivity index (χ4n) is 2.94. The summed E-state index contributed by atoms with van der Waals surface area (Å²) in [6, 6.07) is 10.6. The number of aromatic nitrogens is 3. The molecule has 1 aliphatic heterocycles. The van der Waals surface area contributed by atoms with Crippen LogP contribution in [0.25, 0.3) is 5.69 Å². The fourth-order valence-corrected chi connectivity index (χ4v) is 2.94. The van der Waals surface area contributed by atoms with Gasteiger partial charge >= 0.3 is 0 Å². The van der Waals surface area contributed by atoms with Gasteiger partial charge in [0, 0.05) is 19.1 Å². The van der Waals surface area contributed by atoms with Gasteiger partial charge in [-0.1, -0.05) is 18.2 Å². The largest absolute Gasteiger partial charge is 0.330 e. The summed E-state index contributed by atoms with van der Waals surface area (Å²) in [5.41, 5.74) is 7.84. The summed E-state index contributed by atoms with van der Waals surface area (Å²) in [5.74, 6) is 0.616. The monoisotopic (exact) mass is 285 g/mol. The molecule has 5 nitrogen and oxygen atoms in total. The van der Waals surface area contributed by atoms with Crippen molar-refractivity contribution in [2.75, 3.05) is 13.1 Å². The first-order chi connectivity index (χ1) is 10.3. The van der Waals surface area contributed by atoms with Crippen LogP contribution < -0.4 is 5.73 Å². The molecule has 1 aromatic heterocycles. The SMILES string of the molecule is CC1CCC(CN)CN1Cc1cnn(-c2ccccc2)n1. The van der Waals surface area contributed by atoms with E-state index in [9.17, 15) is 0 Å². The van der Waals surface area contributed by atoms with E-state index in [1.54, 1.807) is 4.80 Å². The molecular formula is C16H23N5. The number of benzene rings is 1. The van der Waals surface area contributed by atoms with E-state index in [1.165, 1.54) is 12.8 Å². The van der Waals surface area contributed by atoms with Crippen LogP contribution in [0.15, 0.2) is 36.5 Å². The third-order valence-electron chi connectivity index (χ3n) is 4.33. The van der Waals surface area contributed by atoms with Gasteiger partial charge in [-0.15, -0.1) is 0 Å². The van der Waals surface area contributed by atoms with Gasteiger partial charge in [-0.2, -0.15) is 15.0 Å². The fraction of sp³-hybridized carbons (Fsp3) is 0.500. The quantitative estimate of drug-likeness (QED) is 0.931. The first-order valence-corrected chi connectivity index (χ1v) is 7.67. The zero-order chi connectivity index (χ0) is 14.7. The highest BCUT2D eigenvalue weighted by molar-refractivity contribution is 5.28. The van der Waals surface area contributed by atoms with Crippen LogP contribution in [0.4, 0.5) is 0 Å². The molecule has 0 radical (unpaired) electrons. The Labute approximate surface area is 125 Å². The van der Waals surface area contributed by atoms with Gasteiger partial charge in [0.25, 0.3) is 0 Å². The molecule has 0 spiro atoms. The Kier molecular flexibility index (Phi) is 4.31. The summed E-state index contributed by atoms with van der Waals surface area (Å²) in [6.07, 6.45) is 4.32. The van der Waals surface area contributed by atoms with Crippen molar-refractivity contribution in [1.29, 1.82) is 0 Å². The molecular weight excluding hydrogens is 262 g/mol. The molecule has 1 aliphatic rings. The van der Waals surface area contributed by atoms with E-state index in [0.29, 0.717) is 12.0 Å². The van der Waals surface area contributed by atoms with Crippen LogP contribution in [0.2, 0.25) is 0 Å².